The molecule has 0 bridgehead atoms. The van der Waals surface area contributed by atoms with E-state index in [0.29, 0.717) is 6.10 Å². The van der Waals surface area contributed by atoms with Crippen LogP contribution >= 0.6 is 0 Å². The predicted molar refractivity (Wildman–Crippen MR) is 78.0 cm³/mol. The van der Waals surface area contributed by atoms with E-state index in [1.165, 1.54) is 25.7 Å². The highest BCUT2D eigenvalue weighted by molar-refractivity contribution is 4.75. The predicted octanol–water partition coefficient (Wildman–Crippen LogP) is 2.51. The van der Waals surface area contributed by atoms with E-state index >= 15 is 0 Å². The van der Waals surface area contributed by atoms with Gasteiger partial charge < -0.3 is 15.0 Å². The van der Waals surface area contributed by atoms with Crippen LogP contribution in [0.25, 0.3) is 0 Å². The first kappa shape index (κ1) is 15.9. The highest BCUT2D eigenvalue weighted by Crippen LogP contribution is 2.23. The van der Waals surface area contributed by atoms with Crippen molar-refractivity contribution in [3.8, 4) is 0 Å². The van der Waals surface area contributed by atoms with Crippen molar-refractivity contribution in [2.24, 2.45) is 5.92 Å². The van der Waals surface area contributed by atoms with Crippen LogP contribution in [0.1, 0.15) is 46.5 Å². The molecule has 0 atom stereocenters. The number of nitrogens with zero attached hydrogens (tertiary/aromatic N) is 1. The van der Waals surface area contributed by atoms with Gasteiger partial charge in [0.2, 0.25) is 0 Å². The third-order valence-electron chi connectivity index (χ3n) is 3.87. The molecule has 0 aromatic heterocycles. The molecule has 0 saturated heterocycles. The van der Waals surface area contributed by atoms with Gasteiger partial charge in [0.15, 0.2) is 0 Å². The zero-order valence-electron chi connectivity index (χ0n) is 12.7. The Hall–Kier alpha value is -0.120. The lowest BCUT2D eigenvalue weighted by atomic mass is 9.87. The van der Waals surface area contributed by atoms with E-state index in [1.54, 1.807) is 0 Å². The Balaban J connectivity index is 1.96. The number of likely N-dealkylation sites (N-methyl/N-ethyl adjacent to an activating group) is 1. The molecule has 1 fully saturated rings. The summed E-state index contributed by atoms with van der Waals surface area (Å²) in [5.41, 5.74) is 0. The lowest BCUT2D eigenvalue weighted by molar-refractivity contribution is 0.0638. The molecule has 1 N–H and O–H groups in total. The molecule has 1 rings (SSSR count). The highest BCUT2D eigenvalue weighted by atomic mass is 16.5. The molecule has 108 valence electrons. The average Bonchev–Trinajstić information content (AvgIpc) is 2.31. The van der Waals surface area contributed by atoms with Crippen molar-refractivity contribution < 1.29 is 4.74 Å². The van der Waals surface area contributed by atoms with Crippen molar-refractivity contribution in [2.45, 2.75) is 58.6 Å². The molecular weight excluding hydrogens is 224 g/mol. The smallest absolute Gasteiger partial charge is 0.0596 e. The second-order valence-electron chi connectivity index (χ2n) is 6.13. The van der Waals surface area contributed by atoms with Gasteiger partial charge in [0, 0.05) is 25.7 Å². The maximum atomic E-state index is 5.56. The third kappa shape index (κ3) is 7.34. The summed E-state index contributed by atoms with van der Waals surface area (Å²) in [5, 5.41) is 3.69. The zero-order valence-corrected chi connectivity index (χ0v) is 12.7. The maximum absolute atomic E-state index is 5.56. The monoisotopic (exact) mass is 256 g/mol. The standard InChI is InChI=1S/C15H32N2O/c1-13(2)18-12-11-17(4)10-9-16-15-7-5-14(3)6-8-15/h13-16H,5-12H2,1-4H3. The van der Waals surface area contributed by atoms with Crippen molar-refractivity contribution in [2.75, 3.05) is 33.3 Å². The van der Waals surface area contributed by atoms with Crippen LogP contribution in [0.15, 0.2) is 0 Å². The van der Waals surface area contributed by atoms with Crippen molar-refractivity contribution in [1.29, 1.82) is 0 Å². The van der Waals surface area contributed by atoms with Crippen molar-refractivity contribution in [1.82, 2.24) is 10.2 Å². The molecule has 0 unspecified atom stereocenters. The summed E-state index contributed by atoms with van der Waals surface area (Å²) in [6.45, 7) is 10.7. The van der Waals surface area contributed by atoms with Crippen LogP contribution in [0.5, 0.6) is 0 Å². The van der Waals surface area contributed by atoms with Gasteiger partial charge in [0.05, 0.1) is 12.7 Å². The molecule has 0 aromatic rings. The molecule has 3 nitrogen and oxygen atoms in total. The average molecular weight is 256 g/mol. The van der Waals surface area contributed by atoms with E-state index in [4.69, 9.17) is 4.74 Å². The topological polar surface area (TPSA) is 24.5 Å². The number of nitrogens with one attached hydrogen (secondary N) is 1. The molecule has 0 aliphatic heterocycles. The van der Waals surface area contributed by atoms with Gasteiger partial charge in [0.25, 0.3) is 0 Å². The quantitative estimate of drug-likeness (QED) is 0.722. The van der Waals surface area contributed by atoms with Crippen LogP contribution in [0.2, 0.25) is 0 Å². The Morgan fingerprint density at radius 2 is 1.83 bits per heavy atom. The lowest BCUT2D eigenvalue weighted by Crippen LogP contribution is -2.38. The molecule has 0 radical (unpaired) electrons. The Kier molecular flexibility index (Phi) is 7.87. The number of rotatable bonds is 8. The molecule has 0 spiro atoms. The van der Waals surface area contributed by atoms with Gasteiger partial charge in [-0.15, -0.1) is 0 Å². The fourth-order valence-electron chi connectivity index (χ4n) is 2.48. The lowest BCUT2D eigenvalue weighted by Gasteiger charge is -2.28. The third-order valence-corrected chi connectivity index (χ3v) is 3.87. The van der Waals surface area contributed by atoms with Crippen LogP contribution in [0.4, 0.5) is 0 Å². The first-order valence-corrected chi connectivity index (χ1v) is 7.61. The molecule has 3 heteroatoms. The van der Waals surface area contributed by atoms with Gasteiger partial charge in [0.1, 0.15) is 0 Å². The Morgan fingerprint density at radius 1 is 1.17 bits per heavy atom. The van der Waals surface area contributed by atoms with Crippen LogP contribution in [0.3, 0.4) is 0 Å². The Morgan fingerprint density at radius 3 is 2.44 bits per heavy atom. The van der Waals surface area contributed by atoms with Gasteiger partial charge in [-0.3, -0.25) is 0 Å². The fourth-order valence-corrected chi connectivity index (χ4v) is 2.48. The summed E-state index contributed by atoms with van der Waals surface area (Å²) in [4.78, 5) is 2.35. The summed E-state index contributed by atoms with van der Waals surface area (Å²) < 4.78 is 5.56. The van der Waals surface area contributed by atoms with E-state index in [9.17, 15) is 0 Å². The van der Waals surface area contributed by atoms with E-state index in [0.717, 1.165) is 38.2 Å². The Labute approximate surface area is 113 Å². The zero-order chi connectivity index (χ0) is 13.4. The molecule has 1 aliphatic carbocycles. The van der Waals surface area contributed by atoms with Gasteiger partial charge in [-0.1, -0.05) is 6.92 Å². The molecule has 1 saturated carbocycles. The molecule has 0 amide bonds. The minimum atomic E-state index is 0.348. The molecule has 18 heavy (non-hydrogen) atoms. The normalized spacial score (nSPS) is 25.0. The number of ether oxygens (including phenoxy) is 1. The summed E-state index contributed by atoms with van der Waals surface area (Å²) in [6.07, 6.45) is 5.87. The van der Waals surface area contributed by atoms with Crippen molar-refractivity contribution >= 4 is 0 Å². The minimum absolute atomic E-state index is 0.348. The first-order valence-electron chi connectivity index (χ1n) is 7.61. The molecule has 0 heterocycles. The number of hydrogen-bond acceptors (Lipinski definition) is 3. The Bertz CT molecular complexity index is 201. The molecule has 0 aromatic carbocycles. The van der Waals surface area contributed by atoms with E-state index in [-0.39, 0.29) is 0 Å². The van der Waals surface area contributed by atoms with Crippen molar-refractivity contribution in [3.63, 3.8) is 0 Å². The fraction of sp³-hybridized carbons (Fsp3) is 1.00. The van der Waals surface area contributed by atoms with Gasteiger partial charge in [-0.25, -0.2) is 0 Å². The minimum Gasteiger partial charge on any atom is -0.377 e. The van der Waals surface area contributed by atoms with Gasteiger partial charge in [-0.05, 0) is 52.5 Å². The summed E-state index contributed by atoms with van der Waals surface area (Å²) in [7, 11) is 2.17. The van der Waals surface area contributed by atoms with Gasteiger partial charge >= 0.3 is 0 Å². The summed E-state index contributed by atoms with van der Waals surface area (Å²) in [6, 6.07) is 0.765. The number of hydrogen-bond donors (Lipinski definition) is 1. The summed E-state index contributed by atoms with van der Waals surface area (Å²) in [5.74, 6) is 0.943. The van der Waals surface area contributed by atoms with E-state index < -0.39 is 0 Å². The second-order valence-corrected chi connectivity index (χ2v) is 6.13. The molecule has 1 aliphatic rings. The van der Waals surface area contributed by atoms with E-state index in [2.05, 4.69) is 38.0 Å². The maximum Gasteiger partial charge on any atom is 0.0596 e. The van der Waals surface area contributed by atoms with Crippen LogP contribution < -0.4 is 5.32 Å². The SMILES string of the molecule is CC1CCC(NCCN(C)CCOC(C)C)CC1. The molecular formula is C15H32N2O. The van der Waals surface area contributed by atoms with Gasteiger partial charge in [-0.2, -0.15) is 0 Å². The van der Waals surface area contributed by atoms with Crippen LogP contribution in [-0.2, 0) is 4.74 Å². The van der Waals surface area contributed by atoms with Crippen molar-refractivity contribution in [3.05, 3.63) is 0 Å². The second kappa shape index (κ2) is 8.89. The first-order chi connectivity index (χ1) is 8.58. The van der Waals surface area contributed by atoms with E-state index in [1.807, 2.05) is 0 Å². The largest absolute Gasteiger partial charge is 0.377 e. The highest BCUT2D eigenvalue weighted by Gasteiger charge is 2.17. The summed E-state index contributed by atoms with van der Waals surface area (Å²) >= 11 is 0. The van der Waals surface area contributed by atoms with Crippen LogP contribution in [0, 0.1) is 5.92 Å². The van der Waals surface area contributed by atoms with Crippen LogP contribution in [-0.4, -0.2) is 50.3 Å².